The number of amides is 1. The van der Waals surface area contributed by atoms with Gasteiger partial charge in [0.25, 0.3) is 5.92 Å². The number of nitrogens with zero attached hydrogens (tertiary/aromatic N) is 1. The van der Waals surface area contributed by atoms with Crippen LogP contribution in [0, 0.1) is 0 Å². The molecule has 0 spiro atoms. The zero-order valence-corrected chi connectivity index (χ0v) is 10.3. The van der Waals surface area contributed by atoms with Gasteiger partial charge >= 0.3 is 6.09 Å². The predicted octanol–water partition coefficient (Wildman–Crippen LogP) is 1.41. The number of alkyl halides is 2. The van der Waals surface area contributed by atoms with Crippen LogP contribution < -0.4 is 0 Å². The molecule has 0 aromatic heterocycles. The third-order valence-corrected chi connectivity index (χ3v) is 2.69. The number of hydrogen-bond donors (Lipinski definition) is 3. The molecule has 0 saturated carbocycles. The molecule has 0 aliphatic heterocycles. The topological polar surface area (TPSA) is 81.0 Å². The second kappa shape index (κ2) is 5.94. The third kappa shape index (κ3) is 3.62. The van der Waals surface area contributed by atoms with Crippen molar-refractivity contribution in [2.24, 2.45) is 0 Å². The van der Waals surface area contributed by atoms with Gasteiger partial charge in [0, 0.05) is 12.6 Å². The second-order valence-corrected chi connectivity index (χ2v) is 4.13. The Bertz CT molecular complexity index is 453. The van der Waals surface area contributed by atoms with Gasteiger partial charge < -0.3 is 20.2 Å². The lowest BCUT2D eigenvalue weighted by molar-refractivity contribution is -0.0578. The Labute approximate surface area is 108 Å². The van der Waals surface area contributed by atoms with Crippen LogP contribution in [0.2, 0.25) is 0 Å². The van der Waals surface area contributed by atoms with Crippen LogP contribution in [0.3, 0.4) is 0 Å². The van der Waals surface area contributed by atoms with Crippen molar-refractivity contribution in [1.29, 1.82) is 0 Å². The van der Waals surface area contributed by atoms with Gasteiger partial charge in [0.05, 0.1) is 12.6 Å². The highest BCUT2D eigenvalue weighted by molar-refractivity contribution is 5.64. The van der Waals surface area contributed by atoms with E-state index in [0.29, 0.717) is 0 Å². The first-order chi connectivity index (χ1) is 8.79. The molecule has 0 bridgehead atoms. The second-order valence-electron chi connectivity index (χ2n) is 4.13. The van der Waals surface area contributed by atoms with E-state index in [-0.39, 0.29) is 12.1 Å². The van der Waals surface area contributed by atoms with E-state index >= 15 is 0 Å². The van der Waals surface area contributed by atoms with Gasteiger partial charge in [-0.3, -0.25) is 0 Å². The maximum atomic E-state index is 13.5. The lowest BCUT2D eigenvalue weighted by atomic mass is 9.97. The molecule has 0 aliphatic rings. The molecular formula is C12H15F2NO4. The van der Waals surface area contributed by atoms with E-state index in [0.717, 1.165) is 11.0 Å². The van der Waals surface area contributed by atoms with Crippen LogP contribution in [0.1, 0.15) is 17.2 Å². The third-order valence-electron chi connectivity index (χ3n) is 2.69. The van der Waals surface area contributed by atoms with E-state index in [1.165, 1.54) is 25.2 Å². The van der Waals surface area contributed by atoms with Gasteiger partial charge in [-0.1, -0.05) is 24.3 Å². The van der Waals surface area contributed by atoms with Crippen LogP contribution in [0.15, 0.2) is 24.3 Å². The Hall–Kier alpha value is -1.73. The molecule has 1 aromatic carbocycles. The normalized spacial score (nSPS) is 13.1. The number of rotatable bonds is 5. The van der Waals surface area contributed by atoms with E-state index in [1.54, 1.807) is 0 Å². The summed E-state index contributed by atoms with van der Waals surface area (Å²) in [5, 5.41) is 27.2. The summed E-state index contributed by atoms with van der Waals surface area (Å²) < 4.78 is 27.0. The van der Waals surface area contributed by atoms with Crippen LogP contribution in [0.25, 0.3) is 0 Å². The molecule has 1 atom stereocenters. The van der Waals surface area contributed by atoms with E-state index in [9.17, 15) is 18.7 Å². The van der Waals surface area contributed by atoms with Gasteiger partial charge in [-0.05, 0) is 5.56 Å². The van der Waals surface area contributed by atoms with Crippen LogP contribution >= 0.6 is 0 Å². The minimum absolute atomic E-state index is 0.102. The minimum Gasteiger partial charge on any atom is -0.465 e. The van der Waals surface area contributed by atoms with Crippen molar-refractivity contribution in [3.63, 3.8) is 0 Å². The summed E-state index contributed by atoms with van der Waals surface area (Å²) in [6, 6.07) is 5.18. The standard InChI is InChI=1S/C12H15F2NO4/c1-15(11(18)19)6-10(17)8-4-2-3-5-9(8)12(13,14)7-16/h2-5,10,16-17H,6-7H2,1H3,(H,18,19). The number of aliphatic hydroxyl groups excluding tert-OH is 2. The highest BCUT2D eigenvalue weighted by Gasteiger charge is 2.34. The fraction of sp³-hybridized carbons (Fsp3) is 0.417. The molecule has 0 fully saturated rings. The molecule has 0 radical (unpaired) electrons. The quantitative estimate of drug-likeness (QED) is 0.759. The van der Waals surface area contributed by atoms with Crippen LogP contribution in [0.5, 0.6) is 0 Å². The van der Waals surface area contributed by atoms with E-state index in [4.69, 9.17) is 10.2 Å². The summed E-state index contributed by atoms with van der Waals surface area (Å²) in [7, 11) is 1.22. The van der Waals surface area contributed by atoms with Crippen molar-refractivity contribution in [2.45, 2.75) is 12.0 Å². The van der Waals surface area contributed by atoms with Crippen molar-refractivity contribution >= 4 is 6.09 Å². The predicted molar refractivity (Wildman–Crippen MR) is 63.0 cm³/mol. The summed E-state index contributed by atoms with van der Waals surface area (Å²) in [6.45, 7) is -1.72. The molecule has 1 rings (SSSR count). The summed E-state index contributed by atoms with van der Waals surface area (Å²) >= 11 is 0. The number of benzene rings is 1. The Morgan fingerprint density at radius 1 is 1.42 bits per heavy atom. The Kier molecular flexibility index (Phi) is 4.79. The van der Waals surface area contributed by atoms with Gasteiger partial charge in [0.2, 0.25) is 0 Å². The number of halogens is 2. The molecule has 0 aliphatic carbocycles. The van der Waals surface area contributed by atoms with Crippen LogP contribution in [0.4, 0.5) is 13.6 Å². The molecule has 0 saturated heterocycles. The molecule has 0 heterocycles. The Balaban J connectivity index is 3.04. The fourth-order valence-electron chi connectivity index (χ4n) is 1.64. The number of carboxylic acid groups (broad SMARTS) is 1. The number of aliphatic hydroxyl groups is 2. The lowest BCUT2D eigenvalue weighted by Crippen LogP contribution is -2.31. The summed E-state index contributed by atoms with van der Waals surface area (Å²) in [4.78, 5) is 11.4. The largest absolute Gasteiger partial charge is 0.465 e. The lowest BCUT2D eigenvalue weighted by Gasteiger charge is -2.23. The summed E-state index contributed by atoms with van der Waals surface area (Å²) in [5.74, 6) is -3.49. The Morgan fingerprint density at radius 2 is 2.00 bits per heavy atom. The molecule has 5 nitrogen and oxygen atoms in total. The molecule has 7 heteroatoms. The fourth-order valence-corrected chi connectivity index (χ4v) is 1.64. The van der Waals surface area contributed by atoms with Gasteiger partial charge in [-0.25, -0.2) is 4.79 Å². The first-order valence-corrected chi connectivity index (χ1v) is 5.49. The van der Waals surface area contributed by atoms with Gasteiger partial charge in [-0.15, -0.1) is 0 Å². The van der Waals surface area contributed by atoms with E-state index < -0.39 is 30.3 Å². The summed E-state index contributed by atoms with van der Waals surface area (Å²) in [6.07, 6.45) is -2.67. The first-order valence-electron chi connectivity index (χ1n) is 5.49. The minimum atomic E-state index is -3.49. The molecule has 1 unspecified atom stereocenters. The maximum Gasteiger partial charge on any atom is 0.407 e. The van der Waals surface area contributed by atoms with E-state index in [2.05, 4.69) is 0 Å². The SMILES string of the molecule is CN(CC(O)c1ccccc1C(F)(F)CO)C(=O)O. The summed E-state index contributed by atoms with van der Waals surface area (Å²) in [5.41, 5.74) is -0.613. The average molecular weight is 275 g/mol. The molecule has 19 heavy (non-hydrogen) atoms. The van der Waals surface area contributed by atoms with Crippen molar-refractivity contribution in [1.82, 2.24) is 4.90 Å². The molecule has 1 aromatic rings. The van der Waals surface area contributed by atoms with Gasteiger partial charge in [0.15, 0.2) is 0 Å². The highest BCUT2D eigenvalue weighted by Crippen LogP contribution is 2.33. The maximum absolute atomic E-state index is 13.5. The zero-order chi connectivity index (χ0) is 14.6. The monoisotopic (exact) mass is 275 g/mol. The molecular weight excluding hydrogens is 260 g/mol. The average Bonchev–Trinajstić information content (AvgIpc) is 2.38. The molecule has 1 amide bonds. The van der Waals surface area contributed by atoms with E-state index in [1.807, 2.05) is 0 Å². The molecule has 106 valence electrons. The van der Waals surface area contributed by atoms with Crippen LogP contribution in [-0.4, -0.2) is 46.5 Å². The van der Waals surface area contributed by atoms with Gasteiger partial charge in [-0.2, -0.15) is 8.78 Å². The Morgan fingerprint density at radius 3 is 2.53 bits per heavy atom. The number of carbonyl (C=O) groups is 1. The number of likely N-dealkylation sites (N-methyl/N-ethyl adjacent to an activating group) is 1. The first kappa shape index (κ1) is 15.3. The van der Waals surface area contributed by atoms with Crippen LogP contribution in [-0.2, 0) is 5.92 Å². The van der Waals surface area contributed by atoms with Gasteiger partial charge in [0.1, 0.15) is 6.61 Å². The van der Waals surface area contributed by atoms with Crippen molar-refractivity contribution in [3.8, 4) is 0 Å². The highest BCUT2D eigenvalue weighted by atomic mass is 19.3. The van der Waals surface area contributed by atoms with Crippen molar-refractivity contribution in [3.05, 3.63) is 35.4 Å². The smallest absolute Gasteiger partial charge is 0.407 e. The number of hydrogen-bond acceptors (Lipinski definition) is 3. The van der Waals surface area contributed by atoms with Crippen molar-refractivity contribution in [2.75, 3.05) is 20.2 Å². The molecule has 3 N–H and O–H groups in total. The zero-order valence-electron chi connectivity index (χ0n) is 10.3. The van der Waals surface area contributed by atoms with Crippen molar-refractivity contribution < 1.29 is 28.9 Å².